The van der Waals surface area contributed by atoms with Crippen molar-refractivity contribution in [3.8, 4) is 0 Å². The number of halogens is 3. The monoisotopic (exact) mass is 353 g/mol. The zero-order valence-corrected chi connectivity index (χ0v) is 13.7. The number of nitrogens with one attached hydrogen (secondary N) is 4. The first-order valence-electron chi connectivity index (χ1n) is 6.01. The molecular weight excluding hydrogens is 337 g/mol. The summed E-state index contributed by atoms with van der Waals surface area (Å²) in [5.74, 6) is -0.193. The molecule has 2 amide bonds. The number of hydrogen-bond donors (Lipinski definition) is 5. The number of carbonyl (C=O) groups is 1. The number of carbonyl (C=O) groups excluding carboxylic acids is 1. The molecule has 0 bridgehead atoms. The summed E-state index contributed by atoms with van der Waals surface area (Å²) in [7, 11) is 0. The normalized spacial score (nSPS) is 11.0. The fourth-order valence-corrected chi connectivity index (χ4v) is 1.79. The van der Waals surface area contributed by atoms with E-state index in [1.54, 1.807) is 18.2 Å². The van der Waals surface area contributed by atoms with Gasteiger partial charge in [-0.1, -0.05) is 36.2 Å². The number of amides is 2. The molecule has 0 aliphatic carbocycles. The Bertz CT molecular complexity index is 498. The molecule has 1 unspecified atom stereocenters. The third-order valence-corrected chi connectivity index (χ3v) is 3.22. The summed E-state index contributed by atoms with van der Waals surface area (Å²) in [6, 6.07) is 4.77. The largest absolute Gasteiger partial charge is 0.370 e. The van der Waals surface area contributed by atoms with Gasteiger partial charge in [0.25, 0.3) is 0 Å². The van der Waals surface area contributed by atoms with E-state index in [1.165, 1.54) is 0 Å². The molecule has 118 valence electrons. The number of rotatable bonds is 5. The molecule has 0 radical (unpaired) electrons. The first-order chi connectivity index (χ1) is 9.42. The lowest BCUT2D eigenvalue weighted by atomic mass is 10.2. The molecule has 0 fully saturated rings. The predicted molar refractivity (Wildman–Crippen MR) is 88.2 cm³/mol. The molecule has 1 aromatic carbocycles. The van der Waals surface area contributed by atoms with Crippen LogP contribution in [0.15, 0.2) is 18.2 Å². The number of urea groups is 1. The highest BCUT2D eigenvalue weighted by Crippen LogP contribution is 2.22. The van der Waals surface area contributed by atoms with Crippen LogP contribution in [0.5, 0.6) is 0 Å². The van der Waals surface area contributed by atoms with Crippen LogP contribution in [0.1, 0.15) is 18.9 Å². The molecule has 0 saturated carbocycles. The van der Waals surface area contributed by atoms with Crippen LogP contribution in [0.25, 0.3) is 0 Å². The summed E-state index contributed by atoms with van der Waals surface area (Å²) in [4.78, 5) is 11.7. The molecule has 21 heavy (non-hydrogen) atoms. The minimum atomic E-state index is -0.388. The second kappa shape index (κ2) is 9.55. The summed E-state index contributed by atoms with van der Waals surface area (Å²) in [6.45, 7) is 2.18. The zero-order valence-electron chi connectivity index (χ0n) is 11.4. The predicted octanol–water partition coefficient (Wildman–Crippen LogP) is 2.43. The highest BCUT2D eigenvalue weighted by atomic mass is 35.5. The van der Waals surface area contributed by atoms with E-state index in [-0.39, 0.29) is 30.6 Å². The van der Waals surface area contributed by atoms with Gasteiger partial charge >= 0.3 is 6.03 Å². The lowest BCUT2D eigenvalue weighted by molar-refractivity contribution is 0.235. The van der Waals surface area contributed by atoms with Crippen molar-refractivity contribution >= 4 is 47.6 Å². The molecule has 6 N–H and O–H groups in total. The van der Waals surface area contributed by atoms with E-state index < -0.39 is 0 Å². The Morgan fingerprint density at radius 3 is 2.52 bits per heavy atom. The average molecular weight is 355 g/mol. The van der Waals surface area contributed by atoms with Crippen LogP contribution in [0, 0.1) is 5.41 Å². The molecule has 0 saturated heterocycles. The number of guanidine groups is 1. The zero-order chi connectivity index (χ0) is 15.1. The van der Waals surface area contributed by atoms with E-state index >= 15 is 0 Å². The Morgan fingerprint density at radius 1 is 1.33 bits per heavy atom. The van der Waals surface area contributed by atoms with E-state index in [9.17, 15) is 4.79 Å². The van der Waals surface area contributed by atoms with E-state index in [0.717, 1.165) is 5.56 Å². The molecule has 0 aliphatic heterocycles. The van der Waals surface area contributed by atoms with Gasteiger partial charge in [0.15, 0.2) is 5.96 Å². The molecule has 0 heterocycles. The smallest absolute Gasteiger partial charge is 0.316 e. The van der Waals surface area contributed by atoms with Crippen LogP contribution in [-0.2, 0) is 6.54 Å². The van der Waals surface area contributed by atoms with Crippen molar-refractivity contribution in [2.45, 2.75) is 26.1 Å². The van der Waals surface area contributed by atoms with Gasteiger partial charge in [0, 0.05) is 6.54 Å². The molecule has 0 spiro atoms. The lowest BCUT2D eigenvalue weighted by Crippen LogP contribution is -2.52. The van der Waals surface area contributed by atoms with E-state index in [4.69, 9.17) is 34.3 Å². The van der Waals surface area contributed by atoms with E-state index in [1.807, 2.05) is 6.92 Å². The number of hydrogen-bond acceptors (Lipinski definition) is 2. The van der Waals surface area contributed by atoms with Crippen LogP contribution in [-0.4, -0.2) is 18.2 Å². The maximum absolute atomic E-state index is 11.7. The van der Waals surface area contributed by atoms with Gasteiger partial charge < -0.3 is 21.7 Å². The van der Waals surface area contributed by atoms with Gasteiger partial charge in [0.05, 0.1) is 10.0 Å². The number of nitrogens with two attached hydrogens (primary N) is 1. The second-order valence-electron chi connectivity index (χ2n) is 4.09. The Kier molecular flexibility index (Phi) is 8.92. The van der Waals surface area contributed by atoms with Crippen molar-refractivity contribution in [3.05, 3.63) is 33.8 Å². The molecule has 1 atom stereocenters. The summed E-state index contributed by atoms with van der Waals surface area (Å²) in [6.07, 6.45) is 0.209. The van der Waals surface area contributed by atoms with Gasteiger partial charge in [0.2, 0.25) is 0 Å². The highest BCUT2D eigenvalue weighted by Gasteiger charge is 2.10. The Labute approximate surface area is 139 Å². The Morgan fingerprint density at radius 2 is 2.00 bits per heavy atom. The maximum Gasteiger partial charge on any atom is 0.316 e. The van der Waals surface area contributed by atoms with Crippen LogP contribution in [0.4, 0.5) is 4.79 Å². The van der Waals surface area contributed by atoms with Crippen LogP contribution < -0.4 is 21.7 Å². The summed E-state index contributed by atoms with van der Waals surface area (Å²) in [5.41, 5.74) is 6.05. The third kappa shape index (κ3) is 7.27. The van der Waals surface area contributed by atoms with Crippen molar-refractivity contribution in [2.24, 2.45) is 5.73 Å². The van der Waals surface area contributed by atoms with Gasteiger partial charge in [-0.25, -0.2) is 4.79 Å². The minimum Gasteiger partial charge on any atom is -0.370 e. The topological polar surface area (TPSA) is 103 Å². The molecule has 0 aliphatic rings. The molecule has 0 aromatic heterocycles. The van der Waals surface area contributed by atoms with Gasteiger partial charge in [-0.3, -0.25) is 5.41 Å². The molecule has 9 heteroatoms. The quantitative estimate of drug-likeness (QED) is 0.319. The van der Waals surface area contributed by atoms with Crippen LogP contribution in [0.3, 0.4) is 0 Å². The standard InChI is InChI=1S/C12H17Cl2N5O.ClH/c1-2-10(18-11(15)16)19-12(20)17-6-7-3-4-8(13)9(14)5-7;/h3-5,10H,2,6H2,1H3,(H4,15,16,18)(H2,17,19,20);1H. The van der Waals surface area contributed by atoms with Crippen molar-refractivity contribution < 1.29 is 4.79 Å². The highest BCUT2D eigenvalue weighted by molar-refractivity contribution is 6.42. The SMILES string of the molecule is CCC(NC(=N)N)NC(=O)NCc1ccc(Cl)c(Cl)c1.Cl. The Balaban J connectivity index is 0.00000400. The van der Waals surface area contributed by atoms with Crippen LogP contribution in [0.2, 0.25) is 10.0 Å². The van der Waals surface area contributed by atoms with Crippen molar-refractivity contribution in [2.75, 3.05) is 0 Å². The van der Waals surface area contributed by atoms with E-state index in [2.05, 4.69) is 16.0 Å². The van der Waals surface area contributed by atoms with Gasteiger partial charge in [-0.05, 0) is 24.1 Å². The fraction of sp³-hybridized carbons (Fsp3) is 0.333. The maximum atomic E-state index is 11.7. The minimum absolute atomic E-state index is 0. The second-order valence-corrected chi connectivity index (χ2v) is 4.91. The van der Waals surface area contributed by atoms with Crippen molar-refractivity contribution in [1.29, 1.82) is 5.41 Å². The Hall–Kier alpha value is -1.37. The average Bonchev–Trinajstić information content (AvgIpc) is 2.39. The summed E-state index contributed by atoms with van der Waals surface area (Å²) < 4.78 is 0. The first kappa shape index (κ1) is 19.6. The van der Waals surface area contributed by atoms with Gasteiger partial charge in [0.1, 0.15) is 6.17 Å². The van der Waals surface area contributed by atoms with E-state index in [0.29, 0.717) is 23.0 Å². The lowest BCUT2D eigenvalue weighted by Gasteiger charge is -2.18. The van der Waals surface area contributed by atoms with Crippen molar-refractivity contribution in [3.63, 3.8) is 0 Å². The third-order valence-electron chi connectivity index (χ3n) is 2.48. The molecule has 1 rings (SSSR count). The van der Waals surface area contributed by atoms with Crippen molar-refractivity contribution in [1.82, 2.24) is 16.0 Å². The summed E-state index contributed by atoms with van der Waals surface area (Å²) >= 11 is 11.7. The molecule has 6 nitrogen and oxygen atoms in total. The van der Waals surface area contributed by atoms with Gasteiger partial charge in [-0.15, -0.1) is 12.4 Å². The fourth-order valence-electron chi connectivity index (χ4n) is 1.47. The summed E-state index contributed by atoms with van der Waals surface area (Å²) in [5, 5.41) is 16.0. The first-order valence-corrected chi connectivity index (χ1v) is 6.76. The molecule has 1 aromatic rings. The van der Waals surface area contributed by atoms with Crippen LogP contribution >= 0.6 is 35.6 Å². The van der Waals surface area contributed by atoms with Gasteiger partial charge in [-0.2, -0.15) is 0 Å². The number of benzene rings is 1. The molecular formula is C12H18Cl3N5O.